The van der Waals surface area contributed by atoms with E-state index in [-0.39, 0.29) is 0 Å². The second-order valence-electron chi connectivity index (χ2n) is 3.81. The van der Waals surface area contributed by atoms with E-state index in [2.05, 4.69) is 38.1 Å². The van der Waals surface area contributed by atoms with Crippen LogP contribution in [0.3, 0.4) is 0 Å². The highest BCUT2D eigenvalue weighted by atomic mass is 14.7. The lowest BCUT2D eigenvalue weighted by atomic mass is 10.1. The first kappa shape index (κ1) is 14.4. The molecule has 0 aliphatic carbocycles. The van der Waals surface area contributed by atoms with Crippen LogP contribution >= 0.6 is 0 Å². The van der Waals surface area contributed by atoms with Crippen LogP contribution in [0.15, 0.2) is 64.9 Å². The van der Waals surface area contributed by atoms with Gasteiger partial charge in [-0.1, -0.05) is 43.0 Å². The van der Waals surface area contributed by atoms with Crippen molar-refractivity contribution in [2.45, 2.75) is 27.7 Å². The van der Waals surface area contributed by atoms with Crippen LogP contribution in [0.4, 0.5) is 0 Å². The lowest BCUT2D eigenvalue weighted by molar-refractivity contribution is 1.33. The summed E-state index contributed by atoms with van der Waals surface area (Å²) in [5, 5.41) is 0. The third-order valence-corrected chi connectivity index (χ3v) is 1.88. The normalized spacial score (nSPS) is 12.8. The summed E-state index contributed by atoms with van der Waals surface area (Å²) in [7, 11) is 0. The molecule has 0 fully saturated rings. The molecule has 0 aliphatic rings. The summed E-state index contributed by atoms with van der Waals surface area (Å²) in [5.41, 5.74) is 4.17. The van der Waals surface area contributed by atoms with Gasteiger partial charge in [-0.25, -0.2) is 0 Å². The Bertz CT molecular complexity index is 372. The molecule has 1 heteroatoms. The minimum absolute atomic E-state index is 0.796. The molecule has 0 aromatic carbocycles. The van der Waals surface area contributed by atoms with Crippen LogP contribution in [0.2, 0.25) is 0 Å². The molecule has 0 N–H and O–H groups in total. The third-order valence-electron chi connectivity index (χ3n) is 1.88. The summed E-state index contributed by atoms with van der Waals surface area (Å²) in [4.78, 5) is 4.19. The van der Waals surface area contributed by atoms with E-state index in [9.17, 15) is 0 Å². The average molecular weight is 215 g/mol. The first-order valence-corrected chi connectivity index (χ1v) is 5.35. The number of hydrogen-bond donors (Lipinski definition) is 0. The van der Waals surface area contributed by atoms with Crippen LogP contribution in [0.5, 0.6) is 0 Å². The van der Waals surface area contributed by atoms with E-state index in [0.29, 0.717) is 0 Å². The van der Waals surface area contributed by atoms with E-state index in [1.165, 1.54) is 5.57 Å². The highest BCUT2D eigenvalue weighted by Gasteiger charge is 1.95. The van der Waals surface area contributed by atoms with Gasteiger partial charge in [0.15, 0.2) is 0 Å². The Hall–Kier alpha value is -1.63. The fourth-order valence-electron chi connectivity index (χ4n) is 1.03. The Kier molecular flexibility index (Phi) is 6.86. The number of allylic oxidation sites excluding steroid dienone is 8. The molecule has 16 heavy (non-hydrogen) atoms. The maximum atomic E-state index is 4.19. The zero-order chi connectivity index (χ0) is 12.6. The van der Waals surface area contributed by atoms with Crippen molar-refractivity contribution in [2.24, 2.45) is 4.99 Å². The Morgan fingerprint density at radius 1 is 1.06 bits per heavy atom. The molecule has 0 aliphatic heterocycles. The highest BCUT2D eigenvalue weighted by molar-refractivity contribution is 5.86. The number of aliphatic imine (C=N–C) groups is 1. The Morgan fingerprint density at radius 3 is 2.06 bits per heavy atom. The van der Waals surface area contributed by atoms with Crippen molar-refractivity contribution in [3.8, 4) is 0 Å². The van der Waals surface area contributed by atoms with Crippen LogP contribution < -0.4 is 0 Å². The molecule has 0 amide bonds. The molecule has 0 saturated heterocycles. The molecule has 0 rings (SSSR count). The fraction of sp³-hybridized carbons (Fsp3) is 0.267. The van der Waals surface area contributed by atoms with Gasteiger partial charge in [-0.05, 0) is 38.8 Å². The lowest BCUT2D eigenvalue weighted by Crippen LogP contribution is -1.88. The summed E-state index contributed by atoms with van der Waals surface area (Å²) in [6.45, 7) is 15.5. The van der Waals surface area contributed by atoms with Gasteiger partial charge in [-0.15, -0.1) is 0 Å². The quantitative estimate of drug-likeness (QED) is 0.469. The first-order valence-electron chi connectivity index (χ1n) is 5.35. The summed E-state index contributed by atoms with van der Waals surface area (Å²) in [6, 6.07) is 0. The Labute approximate surface area is 99.3 Å². The zero-order valence-electron chi connectivity index (χ0n) is 10.7. The molecule has 0 bridgehead atoms. The predicted molar refractivity (Wildman–Crippen MR) is 74.8 cm³/mol. The predicted octanol–water partition coefficient (Wildman–Crippen LogP) is 4.62. The van der Waals surface area contributed by atoms with E-state index < -0.39 is 0 Å². The minimum atomic E-state index is 0.796. The number of hydrogen-bond acceptors (Lipinski definition) is 1. The molecule has 0 atom stereocenters. The Balaban J connectivity index is 5.07. The van der Waals surface area contributed by atoms with E-state index in [1.54, 1.807) is 0 Å². The summed E-state index contributed by atoms with van der Waals surface area (Å²) >= 11 is 0. The van der Waals surface area contributed by atoms with Gasteiger partial charge in [0.25, 0.3) is 0 Å². The van der Waals surface area contributed by atoms with Gasteiger partial charge in [-0.2, -0.15) is 0 Å². The van der Waals surface area contributed by atoms with Gasteiger partial charge in [0, 0.05) is 11.9 Å². The van der Waals surface area contributed by atoms with Crippen LogP contribution in [-0.4, -0.2) is 6.21 Å². The van der Waals surface area contributed by atoms with Crippen molar-refractivity contribution < 1.29 is 0 Å². The second kappa shape index (κ2) is 7.63. The molecular formula is C15H21N. The van der Waals surface area contributed by atoms with Gasteiger partial charge >= 0.3 is 0 Å². The largest absolute Gasteiger partial charge is 0.262 e. The van der Waals surface area contributed by atoms with E-state index >= 15 is 0 Å². The minimum Gasteiger partial charge on any atom is -0.262 e. The maximum absolute atomic E-state index is 4.19. The van der Waals surface area contributed by atoms with Gasteiger partial charge in [0.05, 0.1) is 0 Å². The molecule has 0 saturated carbocycles. The van der Waals surface area contributed by atoms with Crippen molar-refractivity contribution in [1.29, 1.82) is 0 Å². The van der Waals surface area contributed by atoms with Crippen molar-refractivity contribution in [2.75, 3.05) is 0 Å². The molecule has 0 unspecified atom stereocenters. The topological polar surface area (TPSA) is 12.4 Å². The molecule has 0 radical (unpaired) electrons. The fourth-order valence-corrected chi connectivity index (χ4v) is 1.03. The van der Waals surface area contributed by atoms with E-state index in [0.717, 1.165) is 16.8 Å². The van der Waals surface area contributed by atoms with E-state index in [4.69, 9.17) is 0 Å². The van der Waals surface area contributed by atoms with Gasteiger partial charge in [-0.3, -0.25) is 4.99 Å². The van der Waals surface area contributed by atoms with Crippen LogP contribution in [0.25, 0.3) is 0 Å². The SMILES string of the molecule is C=CC(=C\C=C(C)C)/C(/C=N\C(=C)C)=C/C. The van der Waals surface area contributed by atoms with Crippen molar-refractivity contribution >= 4 is 6.21 Å². The molecular weight excluding hydrogens is 194 g/mol. The van der Waals surface area contributed by atoms with Crippen LogP contribution in [0, 0.1) is 0 Å². The van der Waals surface area contributed by atoms with E-state index in [1.807, 2.05) is 38.3 Å². The molecule has 1 nitrogen and oxygen atoms in total. The van der Waals surface area contributed by atoms with Crippen LogP contribution in [-0.2, 0) is 0 Å². The highest BCUT2D eigenvalue weighted by Crippen LogP contribution is 2.10. The average Bonchev–Trinajstić information content (AvgIpc) is 2.22. The lowest BCUT2D eigenvalue weighted by Gasteiger charge is -2.01. The van der Waals surface area contributed by atoms with Gasteiger partial charge in [0.2, 0.25) is 0 Å². The van der Waals surface area contributed by atoms with Crippen molar-refractivity contribution in [3.63, 3.8) is 0 Å². The van der Waals surface area contributed by atoms with Crippen LogP contribution in [0.1, 0.15) is 27.7 Å². The second-order valence-corrected chi connectivity index (χ2v) is 3.81. The monoisotopic (exact) mass is 215 g/mol. The zero-order valence-corrected chi connectivity index (χ0v) is 10.7. The standard InChI is InChI=1S/C15H21N/c1-7-14(10-9-12(3)4)15(8-2)11-16-13(5)6/h7-11H,1,5H2,2-4,6H3/b14-10+,15-8+,16-11-. The summed E-state index contributed by atoms with van der Waals surface area (Å²) < 4.78 is 0. The van der Waals surface area contributed by atoms with Gasteiger partial charge < -0.3 is 0 Å². The smallest absolute Gasteiger partial charge is 0.0345 e. The molecule has 86 valence electrons. The number of rotatable bonds is 5. The molecule has 0 spiro atoms. The van der Waals surface area contributed by atoms with Crippen molar-refractivity contribution in [1.82, 2.24) is 0 Å². The molecule has 0 aromatic heterocycles. The molecule has 0 heterocycles. The number of nitrogens with zero attached hydrogens (tertiary/aromatic N) is 1. The molecule has 0 aromatic rings. The van der Waals surface area contributed by atoms with Crippen molar-refractivity contribution in [3.05, 3.63) is 59.9 Å². The van der Waals surface area contributed by atoms with Gasteiger partial charge in [0.1, 0.15) is 0 Å². The summed E-state index contributed by atoms with van der Waals surface area (Å²) in [5.74, 6) is 0. The maximum Gasteiger partial charge on any atom is 0.0345 e. The summed E-state index contributed by atoms with van der Waals surface area (Å²) in [6.07, 6.45) is 9.77. The Morgan fingerprint density at radius 2 is 1.69 bits per heavy atom. The first-order chi connectivity index (χ1) is 7.51. The third kappa shape index (κ3) is 5.97.